The molecule has 2 rings (SSSR count). The van der Waals surface area contributed by atoms with Crippen molar-refractivity contribution in [3.05, 3.63) is 23.8 Å². The molecule has 0 bridgehead atoms. The van der Waals surface area contributed by atoms with Gasteiger partial charge in [-0.15, -0.1) is 0 Å². The third kappa shape index (κ3) is 3.07. The largest absolute Gasteiger partial charge is 0.381 e. The molecule has 0 spiro atoms. The van der Waals surface area contributed by atoms with E-state index in [0.717, 1.165) is 25.5 Å². The van der Waals surface area contributed by atoms with E-state index in [1.165, 1.54) is 10.6 Å². The Balaban J connectivity index is 2.06. The van der Waals surface area contributed by atoms with Crippen LogP contribution in [0.5, 0.6) is 0 Å². The Labute approximate surface area is 116 Å². The van der Waals surface area contributed by atoms with E-state index in [0.29, 0.717) is 25.1 Å². The fraction of sp³-hybridized carbons (Fsp3) is 0.500. The molecule has 1 heterocycles. The molecule has 2 aromatic rings. The maximum atomic E-state index is 13.8. The number of nitrogen functional groups attached to an aromatic ring is 1. The second-order valence-corrected chi connectivity index (χ2v) is 4.67. The molecule has 0 atom stereocenters. The monoisotopic (exact) mass is 283 g/mol. The number of nitrogens with zero attached hydrogens (tertiary/aromatic N) is 2. The number of ether oxygens (including phenoxy) is 1. The molecule has 110 valence electrons. The Hall–Kier alpha value is -1.69. The highest BCUT2D eigenvalue weighted by molar-refractivity contribution is 5.79. The smallest absolute Gasteiger partial charge is 0.201 e. The number of benzene rings is 1. The van der Waals surface area contributed by atoms with Crippen LogP contribution in [-0.2, 0) is 11.3 Å². The van der Waals surface area contributed by atoms with Gasteiger partial charge in [-0.1, -0.05) is 13.3 Å². The van der Waals surface area contributed by atoms with Gasteiger partial charge in [0.1, 0.15) is 5.52 Å². The standard InChI is InChI=1S/C14H19F2N3O/c1-2-3-8-20-9-4-7-19-13-11(18-14(19)17)6-5-10(15)12(13)16/h5-6H,2-4,7-9H2,1H3,(H2,17,18). The molecule has 2 N–H and O–H groups in total. The number of fused-ring (bicyclic) bond motifs is 1. The molecule has 0 aliphatic rings. The molecule has 1 aromatic heterocycles. The highest BCUT2D eigenvalue weighted by Crippen LogP contribution is 2.23. The Morgan fingerprint density at radius 2 is 2.00 bits per heavy atom. The first kappa shape index (κ1) is 14.7. The molecular weight excluding hydrogens is 264 g/mol. The maximum Gasteiger partial charge on any atom is 0.201 e. The highest BCUT2D eigenvalue weighted by atomic mass is 19.2. The van der Waals surface area contributed by atoms with E-state index in [2.05, 4.69) is 11.9 Å². The highest BCUT2D eigenvalue weighted by Gasteiger charge is 2.15. The predicted octanol–water partition coefficient (Wildman–Crippen LogP) is 3.10. The number of hydrogen-bond donors (Lipinski definition) is 1. The zero-order valence-corrected chi connectivity index (χ0v) is 11.5. The Bertz CT molecular complexity index is 583. The lowest BCUT2D eigenvalue weighted by molar-refractivity contribution is 0.126. The van der Waals surface area contributed by atoms with E-state index in [9.17, 15) is 8.78 Å². The molecule has 0 aliphatic heterocycles. The molecule has 0 radical (unpaired) electrons. The van der Waals surface area contributed by atoms with Crippen molar-refractivity contribution in [1.29, 1.82) is 0 Å². The van der Waals surface area contributed by atoms with Crippen molar-refractivity contribution in [2.45, 2.75) is 32.7 Å². The molecule has 0 unspecified atom stereocenters. The molecule has 20 heavy (non-hydrogen) atoms. The lowest BCUT2D eigenvalue weighted by Crippen LogP contribution is -2.07. The predicted molar refractivity (Wildman–Crippen MR) is 74.4 cm³/mol. The Morgan fingerprint density at radius 3 is 2.75 bits per heavy atom. The van der Waals surface area contributed by atoms with E-state index in [-0.39, 0.29) is 11.5 Å². The quantitative estimate of drug-likeness (QED) is 0.794. The Morgan fingerprint density at radius 1 is 1.25 bits per heavy atom. The minimum Gasteiger partial charge on any atom is -0.381 e. The normalized spacial score (nSPS) is 11.3. The minimum absolute atomic E-state index is 0.121. The van der Waals surface area contributed by atoms with Crippen LogP contribution in [0.2, 0.25) is 0 Å². The van der Waals surface area contributed by atoms with Crippen molar-refractivity contribution >= 4 is 17.0 Å². The second kappa shape index (κ2) is 6.65. The molecule has 0 aliphatic carbocycles. The van der Waals surface area contributed by atoms with E-state index in [1.807, 2.05) is 0 Å². The van der Waals surface area contributed by atoms with E-state index < -0.39 is 11.6 Å². The van der Waals surface area contributed by atoms with Gasteiger partial charge in [-0.3, -0.25) is 0 Å². The van der Waals surface area contributed by atoms with Gasteiger partial charge in [0, 0.05) is 19.8 Å². The summed E-state index contributed by atoms with van der Waals surface area (Å²) in [6, 6.07) is 2.49. The topological polar surface area (TPSA) is 53.1 Å². The number of hydrogen-bond acceptors (Lipinski definition) is 3. The number of halogens is 2. The summed E-state index contributed by atoms with van der Waals surface area (Å²) in [7, 11) is 0. The number of imidazole rings is 1. The second-order valence-electron chi connectivity index (χ2n) is 4.67. The van der Waals surface area contributed by atoms with Gasteiger partial charge >= 0.3 is 0 Å². The van der Waals surface area contributed by atoms with Crippen molar-refractivity contribution in [2.75, 3.05) is 18.9 Å². The first-order valence-corrected chi connectivity index (χ1v) is 6.82. The zero-order chi connectivity index (χ0) is 14.5. The summed E-state index contributed by atoms with van der Waals surface area (Å²) in [5.41, 5.74) is 6.25. The molecule has 0 fully saturated rings. The van der Waals surface area contributed by atoms with Gasteiger partial charge < -0.3 is 15.0 Å². The molecule has 0 amide bonds. The molecule has 0 saturated carbocycles. The number of nitrogens with two attached hydrogens (primary N) is 1. The van der Waals surface area contributed by atoms with Crippen LogP contribution in [0, 0.1) is 11.6 Å². The van der Waals surface area contributed by atoms with Crippen LogP contribution in [0.3, 0.4) is 0 Å². The van der Waals surface area contributed by atoms with Crippen LogP contribution in [0.25, 0.3) is 11.0 Å². The summed E-state index contributed by atoms with van der Waals surface area (Å²) in [5.74, 6) is -1.60. The number of anilines is 1. The van der Waals surface area contributed by atoms with Gasteiger partial charge in [0.15, 0.2) is 11.6 Å². The first-order chi connectivity index (χ1) is 9.65. The van der Waals surface area contributed by atoms with E-state index in [1.54, 1.807) is 0 Å². The number of unbranched alkanes of at least 4 members (excludes halogenated alkanes) is 1. The maximum absolute atomic E-state index is 13.8. The summed E-state index contributed by atoms with van der Waals surface area (Å²) in [4.78, 5) is 4.04. The third-order valence-electron chi connectivity index (χ3n) is 3.14. The summed E-state index contributed by atoms with van der Waals surface area (Å²) >= 11 is 0. The van der Waals surface area contributed by atoms with Crippen LogP contribution in [0.4, 0.5) is 14.7 Å². The average molecular weight is 283 g/mol. The van der Waals surface area contributed by atoms with Crippen LogP contribution in [0.1, 0.15) is 26.2 Å². The Kier molecular flexibility index (Phi) is 4.89. The van der Waals surface area contributed by atoms with E-state index >= 15 is 0 Å². The van der Waals surface area contributed by atoms with Crippen LogP contribution >= 0.6 is 0 Å². The summed E-state index contributed by atoms with van der Waals surface area (Å²) < 4.78 is 34.0. The van der Waals surface area contributed by atoms with Crippen molar-refractivity contribution in [3.8, 4) is 0 Å². The molecular formula is C14H19F2N3O. The summed E-state index contributed by atoms with van der Waals surface area (Å²) in [5, 5.41) is 0. The summed E-state index contributed by atoms with van der Waals surface area (Å²) in [6.45, 7) is 3.84. The van der Waals surface area contributed by atoms with Gasteiger partial charge in [0.25, 0.3) is 0 Å². The van der Waals surface area contributed by atoms with Crippen LogP contribution in [0.15, 0.2) is 12.1 Å². The molecule has 4 nitrogen and oxygen atoms in total. The zero-order valence-electron chi connectivity index (χ0n) is 11.5. The fourth-order valence-electron chi connectivity index (χ4n) is 2.07. The number of rotatable bonds is 7. The van der Waals surface area contributed by atoms with Gasteiger partial charge in [0.2, 0.25) is 5.95 Å². The SMILES string of the molecule is CCCCOCCCn1c(N)nc2ccc(F)c(F)c21. The van der Waals surface area contributed by atoms with Crippen molar-refractivity contribution in [1.82, 2.24) is 9.55 Å². The lowest BCUT2D eigenvalue weighted by Gasteiger charge is -2.08. The lowest BCUT2D eigenvalue weighted by atomic mass is 10.3. The fourth-order valence-corrected chi connectivity index (χ4v) is 2.07. The molecule has 0 saturated heterocycles. The number of aromatic nitrogens is 2. The minimum atomic E-state index is -0.904. The van der Waals surface area contributed by atoms with Gasteiger partial charge in [-0.2, -0.15) is 0 Å². The third-order valence-corrected chi connectivity index (χ3v) is 3.14. The van der Waals surface area contributed by atoms with Gasteiger partial charge in [-0.05, 0) is 25.0 Å². The van der Waals surface area contributed by atoms with E-state index in [4.69, 9.17) is 10.5 Å². The first-order valence-electron chi connectivity index (χ1n) is 6.82. The number of aryl methyl sites for hydroxylation is 1. The van der Waals surface area contributed by atoms with Gasteiger partial charge in [-0.25, -0.2) is 13.8 Å². The molecule has 1 aromatic carbocycles. The summed E-state index contributed by atoms with van der Waals surface area (Å²) in [6.07, 6.45) is 2.79. The van der Waals surface area contributed by atoms with Crippen molar-refractivity contribution in [2.24, 2.45) is 0 Å². The van der Waals surface area contributed by atoms with Crippen molar-refractivity contribution < 1.29 is 13.5 Å². The average Bonchev–Trinajstić information content (AvgIpc) is 2.75. The van der Waals surface area contributed by atoms with Gasteiger partial charge in [0.05, 0.1) is 5.52 Å². The molecule has 6 heteroatoms. The van der Waals surface area contributed by atoms with Crippen molar-refractivity contribution in [3.63, 3.8) is 0 Å². The van der Waals surface area contributed by atoms with Crippen LogP contribution in [-0.4, -0.2) is 22.8 Å². The van der Waals surface area contributed by atoms with Crippen LogP contribution < -0.4 is 5.73 Å².